The Labute approximate surface area is 126 Å². The van der Waals surface area contributed by atoms with Crippen LogP contribution in [0, 0.1) is 0 Å². The van der Waals surface area contributed by atoms with Crippen molar-refractivity contribution in [3.8, 4) is 11.3 Å². The smallest absolute Gasteiger partial charge is 0.317 e. The SMILES string of the molecule is CN1C(=O)NCC12Cc1cc3[nH]c(C=O)ccc-3c(=O)c1C2. The molecule has 1 atom stereocenters. The molecule has 1 fully saturated rings. The molecule has 112 valence electrons. The van der Waals surface area contributed by atoms with Crippen LogP contribution in [-0.2, 0) is 12.8 Å². The van der Waals surface area contributed by atoms with E-state index >= 15 is 0 Å². The molecule has 4 rings (SSSR count). The number of pyridine rings is 1. The van der Waals surface area contributed by atoms with Crippen LogP contribution in [0.1, 0.15) is 21.6 Å². The highest BCUT2D eigenvalue weighted by Gasteiger charge is 2.48. The summed E-state index contributed by atoms with van der Waals surface area (Å²) in [6.07, 6.45) is 1.95. The van der Waals surface area contributed by atoms with Crippen LogP contribution in [0.4, 0.5) is 4.79 Å². The summed E-state index contributed by atoms with van der Waals surface area (Å²) >= 11 is 0. The summed E-state index contributed by atoms with van der Waals surface area (Å²) in [5.41, 5.74) is 3.08. The highest BCUT2D eigenvalue weighted by Crippen LogP contribution is 2.36. The van der Waals surface area contributed by atoms with Gasteiger partial charge in [0, 0.05) is 31.1 Å². The van der Waals surface area contributed by atoms with Gasteiger partial charge in [-0.3, -0.25) is 9.59 Å². The number of nitrogens with zero attached hydrogens (tertiary/aromatic N) is 1. The van der Waals surface area contributed by atoms with Crippen molar-refractivity contribution in [1.29, 1.82) is 0 Å². The van der Waals surface area contributed by atoms with Gasteiger partial charge in [0.25, 0.3) is 0 Å². The van der Waals surface area contributed by atoms with Crippen LogP contribution in [0.25, 0.3) is 11.3 Å². The molecule has 0 aromatic carbocycles. The first-order valence-corrected chi connectivity index (χ1v) is 7.19. The minimum Gasteiger partial charge on any atom is -0.352 e. The first kappa shape index (κ1) is 13.1. The number of nitrogens with one attached hydrogen (secondary N) is 2. The molecular formula is C16H15N3O3. The lowest BCUT2D eigenvalue weighted by atomic mass is 9.96. The zero-order valence-corrected chi connectivity index (χ0v) is 12.1. The van der Waals surface area contributed by atoms with Crippen molar-refractivity contribution in [2.45, 2.75) is 18.4 Å². The van der Waals surface area contributed by atoms with Gasteiger partial charge >= 0.3 is 6.03 Å². The third-order valence-corrected chi connectivity index (χ3v) is 4.96. The molecule has 22 heavy (non-hydrogen) atoms. The van der Waals surface area contributed by atoms with E-state index in [0.717, 1.165) is 17.4 Å². The van der Waals surface area contributed by atoms with Gasteiger partial charge in [0.05, 0.1) is 16.9 Å². The van der Waals surface area contributed by atoms with Crippen molar-refractivity contribution in [3.05, 3.63) is 45.2 Å². The van der Waals surface area contributed by atoms with E-state index in [1.54, 1.807) is 24.1 Å². The zero-order valence-electron chi connectivity index (χ0n) is 12.1. The van der Waals surface area contributed by atoms with Crippen LogP contribution in [-0.4, -0.2) is 41.3 Å². The van der Waals surface area contributed by atoms with Crippen LogP contribution < -0.4 is 10.7 Å². The highest BCUT2D eigenvalue weighted by molar-refractivity contribution is 5.79. The molecule has 2 heterocycles. The zero-order chi connectivity index (χ0) is 15.5. The van der Waals surface area contributed by atoms with E-state index in [2.05, 4.69) is 10.3 Å². The fraction of sp³-hybridized carbons (Fsp3) is 0.312. The van der Waals surface area contributed by atoms with Gasteiger partial charge in [0.15, 0.2) is 11.7 Å². The van der Waals surface area contributed by atoms with Crippen molar-refractivity contribution in [2.24, 2.45) is 0 Å². The second kappa shape index (κ2) is 4.19. The Morgan fingerprint density at radius 1 is 1.27 bits per heavy atom. The minimum absolute atomic E-state index is 0.00850. The lowest BCUT2D eigenvalue weighted by Crippen LogP contribution is -2.45. The summed E-state index contributed by atoms with van der Waals surface area (Å²) in [6, 6.07) is 5.13. The molecule has 2 N–H and O–H groups in total. The molecule has 1 saturated heterocycles. The Balaban J connectivity index is 1.88. The Hall–Kier alpha value is -2.63. The number of benzene rings is 1. The number of hydrogen-bond acceptors (Lipinski definition) is 3. The Bertz CT molecular complexity index is 841. The maximum absolute atomic E-state index is 12.7. The molecule has 6 nitrogen and oxygen atoms in total. The molecule has 2 aliphatic carbocycles. The number of urea groups is 1. The van der Waals surface area contributed by atoms with Crippen molar-refractivity contribution in [1.82, 2.24) is 15.2 Å². The van der Waals surface area contributed by atoms with E-state index < -0.39 is 0 Å². The predicted molar refractivity (Wildman–Crippen MR) is 80.4 cm³/mol. The first-order valence-electron chi connectivity index (χ1n) is 7.19. The summed E-state index contributed by atoms with van der Waals surface area (Å²) in [7, 11) is 1.77. The molecular weight excluding hydrogens is 282 g/mol. The second-order valence-electron chi connectivity index (χ2n) is 6.13. The molecule has 0 bridgehead atoms. The molecule has 2 amide bonds. The number of amides is 2. The Morgan fingerprint density at radius 2 is 2.09 bits per heavy atom. The van der Waals surface area contributed by atoms with Gasteiger partial charge in [-0.1, -0.05) is 0 Å². The molecule has 0 aromatic rings. The van der Waals surface area contributed by atoms with E-state index in [-0.39, 0.29) is 17.0 Å². The second-order valence-corrected chi connectivity index (χ2v) is 6.13. The number of rotatable bonds is 1. The van der Waals surface area contributed by atoms with E-state index in [0.29, 0.717) is 36.3 Å². The predicted octanol–water partition coefficient (Wildman–Crippen LogP) is 0.785. The molecule has 2 aliphatic heterocycles. The lowest BCUT2D eigenvalue weighted by Gasteiger charge is -2.29. The molecule has 1 unspecified atom stereocenters. The fourth-order valence-electron chi connectivity index (χ4n) is 3.63. The summed E-state index contributed by atoms with van der Waals surface area (Å²) < 4.78 is 0. The number of aromatic nitrogens is 1. The molecule has 1 spiro atoms. The van der Waals surface area contributed by atoms with Crippen LogP contribution in [0.2, 0.25) is 0 Å². The van der Waals surface area contributed by atoms with Crippen molar-refractivity contribution in [2.75, 3.05) is 13.6 Å². The van der Waals surface area contributed by atoms with Gasteiger partial charge < -0.3 is 15.2 Å². The quantitative estimate of drug-likeness (QED) is 0.763. The molecule has 6 heteroatoms. The van der Waals surface area contributed by atoms with E-state index in [1.807, 2.05) is 6.07 Å². The van der Waals surface area contributed by atoms with Crippen LogP contribution in [0.3, 0.4) is 0 Å². The molecule has 0 saturated carbocycles. The van der Waals surface area contributed by atoms with E-state index in [4.69, 9.17) is 0 Å². The first-order chi connectivity index (χ1) is 10.5. The normalized spacial score (nSPS) is 23.1. The standard InChI is InChI=1S/C16H15N3O3/c1-19-15(22)17-8-16(19)5-9-4-13-11(14(21)12(9)6-16)3-2-10(7-20)18-13/h2-4,7,18H,5-6,8H2,1H3,(H,17,22). The monoisotopic (exact) mass is 297 g/mol. The number of likely N-dealkylation sites (N-methyl/N-ethyl adjacent to an activating group) is 1. The maximum atomic E-state index is 12.7. The van der Waals surface area contributed by atoms with E-state index in [1.165, 1.54) is 0 Å². The number of aldehydes is 1. The number of hydrogen-bond donors (Lipinski definition) is 2. The summed E-state index contributed by atoms with van der Waals surface area (Å²) in [4.78, 5) is 40.1. The van der Waals surface area contributed by atoms with Gasteiger partial charge in [-0.25, -0.2) is 4.79 Å². The van der Waals surface area contributed by atoms with Gasteiger partial charge in [0.1, 0.15) is 0 Å². The average Bonchev–Trinajstić information content (AvgIpc) is 3.03. The van der Waals surface area contributed by atoms with E-state index in [9.17, 15) is 14.4 Å². The third-order valence-electron chi connectivity index (χ3n) is 4.96. The lowest BCUT2D eigenvalue weighted by molar-refractivity contribution is 0.111. The van der Waals surface area contributed by atoms with Gasteiger partial charge in [0.2, 0.25) is 0 Å². The number of fused-ring (bicyclic) bond motifs is 2. The summed E-state index contributed by atoms with van der Waals surface area (Å²) in [5.74, 6) is 0. The maximum Gasteiger partial charge on any atom is 0.317 e. The Morgan fingerprint density at radius 3 is 2.77 bits per heavy atom. The van der Waals surface area contributed by atoms with Gasteiger partial charge in [-0.2, -0.15) is 0 Å². The summed E-state index contributed by atoms with van der Waals surface area (Å²) in [6.45, 7) is 0.552. The Kier molecular flexibility index (Phi) is 2.49. The average molecular weight is 297 g/mol. The molecule has 4 aliphatic rings. The molecule has 0 aromatic heterocycles. The largest absolute Gasteiger partial charge is 0.352 e. The van der Waals surface area contributed by atoms with Crippen molar-refractivity contribution in [3.63, 3.8) is 0 Å². The van der Waals surface area contributed by atoms with Crippen LogP contribution >= 0.6 is 0 Å². The molecule has 0 radical (unpaired) electrons. The number of carbonyl (C=O) groups excluding carboxylic acids is 2. The van der Waals surface area contributed by atoms with Crippen LogP contribution in [0.5, 0.6) is 0 Å². The number of aromatic amines is 1. The number of carbonyl (C=O) groups is 2. The van der Waals surface area contributed by atoms with Gasteiger partial charge in [-0.05, 0) is 30.2 Å². The van der Waals surface area contributed by atoms with Crippen LogP contribution in [0.15, 0.2) is 23.0 Å². The highest BCUT2D eigenvalue weighted by atomic mass is 16.2. The minimum atomic E-state index is -0.344. The van der Waals surface area contributed by atoms with Crippen molar-refractivity contribution < 1.29 is 9.59 Å². The topological polar surface area (TPSA) is 82.3 Å². The third kappa shape index (κ3) is 1.57. The fourth-order valence-corrected chi connectivity index (χ4v) is 3.63. The van der Waals surface area contributed by atoms with Crippen molar-refractivity contribution >= 4 is 12.3 Å². The van der Waals surface area contributed by atoms with Gasteiger partial charge in [-0.15, -0.1) is 0 Å². The summed E-state index contributed by atoms with van der Waals surface area (Å²) in [5, 5.41) is 2.85. The number of H-pyrrole nitrogens is 1.